The van der Waals surface area contributed by atoms with Gasteiger partial charge in [-0.15, -0.1) is 11.3 Å². The summed E-state index contributed by atoms with van der Waals surface area (Å²) in [6.45, 7) is 0.374. The molecule has 6 heteroatoms. The van der Waals surface area contributed by atoms with Gasteiger partial charge in [-0.1, -0.05) is 12.1 Å². The highest BCUT2D eigenvalue weighted by Gasteiger charge is 2.08. The summed E-state index contributed by atoms with van der Waals surface area (Å²) in [6, 6.07) is 11.1. The van der Waals surface area contributed by atoms with Crippen LogP contribution < -0.4 is 10.1 Å². The number of nitrogens with one attached hydrogen (secondary N) is 1. The topological polar surface area (TPSA) is 75.6 Å². The van der Waals surface area contributed by atoms with Crippen LogP contribution >= 0.6 is 11.3 Å². The van der Waals surface area contributed by atoms with Gasteiger partial charge in [0.1, 0.15) is 10.6 Å². The highest BCUT2D eigenvalue weighted by atomic mass is 32.1. The summed E-state index contributed by atoms with van der Waals surface area (Å²) in [4.78, 5) is 23.7. The first-order chi connectivity index (χ1) is 11.1. The standard InChI is InChI=1S/C17H19NO4S/c1-22-13-7-5-12(6-8-13)3-2-4-16(19)18-11-14-9-10-15(23-14)17(20)21/h5-10H,2-4,11H2,1H3,(H,18,19)(H,20,21). The van der Waals surface area contributed by atoms with Crippen LogP contribution in [0.15, 0.2) is 36.4 Å². The van der Waals surface area contributed by atoms with Gasteiger partial charge in [-0.3, -0.25) is 4.79 Å². The van der Waals surface area contributed by atoms with Crippen LogP contribution in [0.2, 0.25) is 0 Å². The van der Waals surface area contributed by atoms with Gasteiger partial charge in [-0.05, 0) is 42.7 Å². The number of amides is 1. The molecular formula is C17H19NO4S. The molecule has 0 aliphatic heterocycles. The quantitative estimate of drug-likeness (QED) is 0.778. The molecule has 23 heavy (non-hydrogen) atoms. The van der Waals surface area contributed by atoms with Crippen LogP contribution in [0.3, 0.4) is 0 Å². The van der Waals surface area contributed by atoms with E-state index >= 15 is 0 Å². The van der Waals surface area contributed by atoms with Gasteiger partial charge in [0.25, 0.3) is 0 Å². The zero-order valence-corrected chi connectivity index (χ0v) is 13.7. The van der Waals surface area contributed by atoms with E-state index in [-0.39, 0.29) is 10.8 Å². The van der Waals surface area contributed by atoms with Crippen LogP contribution in [-0.4, -0.2) is 24.1 Å². The molecule has 0 spiro atoms. The number of hydrogen-bond acceptors (Lipinski definition) is 4. The fourth-order valence-electron chi connectivity index (χ4n) is 2.11. The summed E-state index contributed by atoms with van der Waals surface area (Å²) >= 11 is 1.18. The number of aromatic carboxylic acids is 1. The van der Waals surface area contributed by atoms with E-state index in [9.17, 15) is 9.59 Å². The van der Waals surface area contributed by atoms with Crippen molar-refractivity contribution >= 4 is 23.2 Å². The van der Waals surface area contributed by atoms with Crippen molar-refractivity contribution in [2.45, 2.75) is 25.8 Å². The predicted octanol–water partition coefficient (Wildman–Crippen LogP) is 3.09. The van der Waals surface area contributed by atoms with Gasteiger partial charge in [-0.25, -0.2) is 4.79 Å². The van der Waals surface area contributed by atoms with Gasteiger partial charge in [0.05, 0.1) is 13.7 Å². The average molecular weight is 333 g/mol. The number of carbonyl (C=O) groups is 2. The Morgan fingerprint density at radius 2 is 1.91 bits per heavy atom. The van der Waals surface area contributed by atoms with E-state index in [1.807, 2.05) is 24.3 Å². The minimum absolute atomic E-state index is 0.0243. The van der Waals surface area contributed by atoms with E-state index in [1.54, 1.807) is 19.2 Å². The smallest absolute Gasteiger partial charge is 0.345 e. The summed E-state index contributed by atoms with van der Waals surface area (Å²) < 4.78 is 5.10. The van der Waals surface area contributed by atoms with Crippen molar-refractivity contribution in [2.24, 2.45) is 0 Å². The lowest BCUT2D eigenvalue weighted by molar-refractivity contribution is -0.121. The molecule has 0 fully saturated rings. The Bertz CT molecular complexity index is 663. The van der Waals surface area contributed by atoms with Gasteiger partial charge in [0.2, 0.25) is 5.91 Å². The van der Waals surface area contributed by atoms with Gasteiger partial charge in [0.15, 0.2) is 0 Å². The lowest BCUT2D eigenvalue weighted by atomic mass is 10.1. The molecule has 5 nitrogen and oxygen atoms in total. The summed E-state index contributed by atoms with van der Waals surface area (Å²) in [5.41, 5.74) is 1.17. The molecule has 0 saturated heterocycles. The molecule has 0 radical (unpaired) electrons. The Morgan fingerprint density at radius 3 is 2.52 bits per heavy atom. The van der Waals surface area contributed by atoms with E-state index in [2.05, 4.69) is 5.32 Å². The SMILES string of the molecule is COc1ccc(CCCC(=O)NCc2ccc(C(=O)O)s2)cc1. The molecule has 122 valence electrons. The molecule has 1 aromatic carbocycles. The maximum absolute atomic E-state index is 11.8. The number of benzene rings is 1. The second-order valence-electron chi connectivity index (χ2n) is 5.05. The fourth-order valence-corrected chi connectivity index (χ4v) is 2.89. The maximum atomic E-state index is 11.8. The monoisotopic (exact) mass is 333 g/mol. The molecule has 0 aliphatic rings. The molecule has 0 bridgehead atoms. The number of methoxy groups -OCH3 is 1. The summed E-state index contributed by atoms with van der Waals surface area (Å²) in [5, 5.41) is 11.7. The van der Waals surface area contributed by atoms with Gasteiger partial charge in [0, 0.05) is 11.3 Å². The number of rotatable bonds is 8. The number of carboxylic acid groups (broad SMARTS) is 1. The zero-order chi connectivity index (χ0) is 16.7. The van der Waals surface area contributed by atoms with E-state index < -0.39 is 5.97 Å². The van der Waals surface area contributed by atoms with Crippen molar-refractivity contribution in [2.75, 3.05) is 7.11 Å². The Morgan fingerprint density at radius 1 is 1.17 bits per heavy atom. The van der Waals surface area contributed by atoms with Crippen molar-refractivity contribution in [3.8, 4) is 5.75 Å². The molecule has 2 rings (SSSR count). The second-order valence-corrected chi connectivity index (χ2v) is 6.22. The molecule has 1 heterocycles. The average Bonchev–Trinajstić information content (AvgIpc) is 3.03. The first-order valence-corrected chi connectivity index (χ1v) is 8.12. The normalized spacial score (nSPS) is 10.3. The van der Waals surface area contributed by atoms with E-state index in [0.717, 1.165) is 23.5 Å². The minimum atomic E-state index is -0.938. The third-order valence-corrected chi connectivity index (χ3v) is 4.43. The van der Waals surface area contributed by atoms with Crippen LogP contribution in [0.25, 0.3) is 0 Å². The predicted molar refractivity (Wildman–Crippen MR) is 89.1 cm³/mol. The van der Waals surface area contributed by atoms with Gasteiger partial charge >= 0.3 is 5.97 Å². The molecule has 0 aliphatic carbocycles. The Kier molecular flexibility index (Phi) is 6.17. The number of thiophene rings is 1. The van der Waals surface area contributed by atoms with E-state index in [1.165, 1.54) is 16.9 Å². The van der Waals surface area contributed by atoms with Gasteiger partial charge in [-0.2, -0.15) is 0 Å². The third-order valence-electron chi connectivity index (χ3n) is 3.36. The van der Waals surface area contributed by atoms with E-state index in [4.69, 9.17) is 9.84 Å². The molecule has 1 amide bonds. The lowest BCUT2D eigenvalue weighted by Gasteiger charge is -2.05. The second kappa shape index (κ2) is 8.33. The molecule has 2 N–H and O–H groups in total. The molecule has 0 atom stereocenters. The number of carboxylic acids is 1. The van der Waals surface area contributed by atoms with Crippen molar-refractivity contribution in [3.05, 3.63) is 51.7 Å². The third kappa shape index (κ3) is 5.41. The van der Waals surface area contributed by atoms with Crippen LogP contribution in [0.4, 0.5) is 0 Å². The van der Waals surface area contributed by atoms with Crippen LogP contribution in [0.5, 0.6) is 5.75 Å². The van der Waals surface area contributed by atoms with E-state index in [0.29, 0.717) is 13.0 Å². The maximum Gasteiger partial charge on any atom is 0.345 e. The molecule has 0 unspecified atom stereocenters. The van der Waals surface area contributed by atoms with Crippen molar-refractivity contribution in [1.29, 1.82) is 0 Å². The largest absolute Gasteiger partial charge is 0.497 e. The molecule has 0 saturated carbocycles. The Balaban J connectivity index is 1.69. The van der Waals surface area contributed by atoms with Crippen LogP contribution in [0.1, 0.15) is 33.0 Å². The summed E-state index contributed by atoms with van der Waals surface area (Å²) in [7, 11) is 1.63. The molecule has 1 aromatic heterocycles. The number of carbonyl (C=O) groups excluding carboxylic acids is 1. The summed E-state index contributed by atoms with van der Waals surface area (Å²) in [6.07, 6.45) is 2.05. The van der Waals surface area contributed by atoms with Crippen molar-refractivity contribution < 1.29 is 19.4 Å². The fraction of sp³-hybridized carbons (Fsp3) is 0.294. The first-order valence-electron chi connectivity index (χ1n) is 7.30. The zero-order valence-electron chi connectivity index (χ0n) is 12.9. The van der Waals surface area contributed by atoms with Crippen LogP contribution in [-0.2, 0) is 17.8 Å². The Labute approximate surface area is 138 Å². The van der Waals surface area contributed by atoms with Crippen LogP contribution in [0, 0.1) is 0 Å². The van der Waals surface area contributed by atoms with Gasteiger partial charge < -0.3 is 15.2 Å². The molecule has 2 aromatic rings. The first kappa shape index (κ1) is 17.0. The molecular weight excluding hydrogens is 314 g/mol. The van der Waals surface area contributed by atoms with Crippen molar-refractivity contribution in [1.82, 2.24) is 5.32 Å². The highest BCUT2D eigenvalue weighted by Crippen LogP contribution is 2.16. The highest BCUT2D eigenvalue weighted by molar-refractivity contribution is 7.13. The lowest BCUT2D eigenvalue weighted by Crippen LogP contribution is -2.21. The minimum Gasteiger partial charge on any atom is -0.497 e. The Hall–Kier alpha value is -2.34. The number of aryl methyl sites for hydroxylation is 1. The summed E-state index contributed by atoms with van der Waals surface area (Å²) in [5.74, 6) is -0.140. The number of ether oxygens (including phenoxy) is 1. The number of hydrogen-bond donors (Lipinski definition) is 2. The van der Waals surface area contributed by atoms with Crippen molar-refractivity contribution in [3.63, 3.8) is 0 Å².